The second-order valence-corrected chi connectivity index (χ2v) is 4.05. The molecule has 1 aromatic heterocycles. The molecule has 0 fully saturated rings. The number of hydrogen-bond donors (Lipinski definition) is 0. The fourth-order valence-corrected chi connectivity index (χ4v) is 1.67. The predicted molar refractivity (Wildman–Crippen MR) is 65.8 cm³/mol. The summed E-state index contributed by atoms with van der Waals surface area (Å²) in [6.07, 6.45) is 0. The number of furan rings is 1. The van der Waals surface area contributed by atoms with Crippen molar-refractivity contribution in [1.82, 2.24) is 0 Å². The Labute approximate surface area is 107 Å². The van der Waals surface area contributed by atoms with Gasteiger partial charge >= 0.3 is 0 Å². The largest absolute Gasteiger partial charge is 0.453 e. The molecule has 0 amide bonds. The SMILES string of the molecule is CC(=O)c1ccc(-c2ccc(Cl)c([N+](=O)[O-])c2)o1. The van der Waals surface area contributed by atoms with E-state index in [-0.39, 0.29) is 22.3 Å². The van der Waals surface area contributed by atoms with Gasteiger partial charge in [0.1, 0.15) is 10.8 Å². The molecule has 0 atom stereocenters. The molecular formula is C12H8ClNO4. The van der Waals surface area contributed by atoms with E-state index < -0.39 is 4.92 Å². The van der Waals surface area contributed by atoms with Crippen LogP contribution in [0.4, 0.5) is 5.69 Å². The number of carbonyl (C=O) groups is 1. The number of nitro groups is 1. The molecule has 1 heterocycles. The molecule has 0 N–H and O–H groups in total. The third-order valence-electron chi connectivity index (χ3n) is 2.38. The minimum Gasteiger partial charge on any atom is -0.453 e. The highest BCUT2D eigenvalue weighted by Crippen LogP contribution is 2.31. The van der Waals surface area contributed by atoms with Crippen molar-refractivity contribution in [3.63, 3.8) is 0 Å². The molecule has 0 bridgehead atoms. The Morgan fingerprint density at radius 1 is 1.33 bits per heavy atom. The minimum absolute atomic E-state index is 0.0575. The average molecular weight is 266 g/mol. The lowest BCUT2D eigenvalue weighted by atomic mass is 10.1. The Morgan fingerprint density at radius 2 is 2.06 bits per heavy atom. The van der Waals surface area contributed by atoms with Crippen molar-refractivity contribution in [2.24, 2.45) is 0 Å². The second kappa shape index (κ2) is 4.62. The summed E-state index contributed by atoms with van der Waals surface area (Å²) >= 11 is 5.71. The third-order valence-corrected chi connectivity index (χ3v) is 2.70. The van der Waals surface area contributed by atoms with E-state index in [0.29, 0.717) is 11.3 Å². The van der Waals surface area contributed by atoms with Crippen LogP contribution in [0.2, 0.25) is 5.02 Å². The molecule has 5 nitrogen and oxygen atoms in total. The van der Waals surface area contributed by atoms with Crippen LogP contribution in [0.5, 0.6) is 0 Å². The Balaban J connectivity index is 2.47. The molecule has 0 saturated carbocycles. The first-order valence-electron chi connectivity index (χ1n) is 5.04. The van der Waals surface area contributed by atoms with Gasteiger partial charge in [0.2, 0.25) is 0 Å². The zero-order chi connectivity index (χ0) is 13.3. The summed E-state index contributed by atoms with van der Waals surface area (Å²) in [6, 6.07) is 7.44. The lowest BCUT2D eigenvalue weighted by molar-refractivity contribution is -0.384. The number of hydrogen-bond acceptors (Lipinski definition) is 4. The standard InChI is InChI=1S/C12H8ClNO4/c1-7(15)11-4-5-12(18-11)8-2-3-9(13)10(6-8)14(16)17/h2-6H,1H3. The monoisotopic (exact) mass is 265 g/mol. The normalized spacial score (nSPS) is 10.3. The Kier molecular flexibility index (Phi) is 3.16. The van der Waals surface area contributed by atoms with Gasteiger partial charge in [-0.2, -0.15) is 0 Å². The van der Waals surface area contributed by atoms with Crippen LogP contribution < -0.4 is 0 Å². The number of nitro benzene ring substituents is 1. The highest BCUT2D eigenvalue weighted by molar-refractivity contribution is 6.32. The Bertz CT molecular complexity index is 633. The van der Waals surface area contributed by atoms with Gasteiger partial charge in [-0.1, -0.05) is 11.6 Å². The Hall–Kier alpha value is -2.14. The quantitative estimate of drug-likeness (QED) is 0.482. The van der Waals surface area contributed by atoms with Crippen LogP contribution in [-0.2, 0) is 0 Å². The first-order valence-corrected chi connectivity index (χ1v) is 5.42. The van der Waals surface area contributed by atoms with E-state index in [4.69, 9.17) is 16.0 Å². The zero-order valence-electron chi connectivity index (χ0n) is 9.34. The molecular weight excluding hydrogens is 258 g/mol. The van der Waals surface area contributed by atoms with E-state index >= 15 is 0 Å². The summed E-state index contributed by atoms with van der Waals surface area (Å²) in [6.45, 7) is 1.38. The predicted octanol–water partition coefficient (Wildman–Crippen LogP) is 3.71. The van der Waals surface area contributed by atoms with Crippen LogP contribution in [0.25, 0.3) is 11.3 Å². The van der Waals surface area contributed by atoms with Crippen molar-refractivity contribution < 1.29 is 14.1 Å². The molecule has 0 unspecified atom stereocenters. The minimum atomic E-state index is -0.569. The van der Waals surface area contributed by atoms with Crippen LogP contribution in [0.1, 0.15) is 17.5 Å². The maximum Gasteiger partial charge on any atom is 0.288 e. The number of carbonyl (C=O) groups excluding carboxylic acids is 1. The van der Waals surface area contributed by atoms with Gasteiger partial charge in [0.05, 0.1) is 4.92 Å². The van der Waals surface area contributed by atoms with Crippen molar-refractivity contribution in [3.8, 4) is 11.3 Å². The zero-order valence-corrected chi connectivity index (χ0v) is 10.1. The highest BCUT2D eigenvalue weighted by Gasteiger charge is 2.15. The highest BCUT2D eigenvalue weighted by atomic mass is 35.5. The molecule has 0 saturated heterocycles. The number of ketones is 1. The number of Topliss-reactive ketones (excluding diaryl/α,β-unsaturated/α-hetero) is 1. The molecule has 2 rings (SSSR count). The van der Waals surface area contributed by atoms with Crippen LogP contribution in [0, 0.1) is 10.1 Å². The number of nitrogens with zero attached hydrogens (tertiary/aromatic N) is 1. The van der Waals surface area contributed by atoms with E-state index in [1.54, 1.807) is 12.1 Å². The summed E-state index contributed by atoms with van der Waals surface area (Å²) in [5.74, 6) is 0.396. The van der Waals surface area contributed by atoms with Gasteiger partial charge in [-0.25, -0.2) is 0 Å². The van der Waals surface area contributed by atoms with Crippen molar-refractivity contribution >= 4 is 23.1 Å². The first-order chi connectivity index (χ1) is 8.49. The topological polar surface area (TPSA) is 73.3 Å². The van der Waals surface area contributed by atoms with E-state index in [0.717, 1.165) is 0 Å². The van der Waals surface area contributed by atoms with Crippen molar-refractivity contribution in [3.05, 3.63) is 51.2 Å². The summed E-state index contributed by atoms with van der Waals surface area (Å²) in [5.41, 5.74) is 0.300. The molecule has 0 spiro atoms. The molecule has 92 valence electrons. The number of rotatable bonds is 3. The Morgan fingerprint density at radius 3 is 2.61 bits per heavy atom. The van der Waals surface area contributed by atoms with Gasteiger partial charge in [-0.3, -0.25) is 14.9 Å². The maximum atomic E-state index is 11.1. The molecule has 2 aromatic rings. The number of benzene rings is 1. The van der Waals surface area contributed by atoms with Gasteiger partial charge in [-0.05, 0) is 24.3 Å². The molecule has 0 radical (unpaired) electrons. The fraction of sp³-hybridized carbons (Fsp3) is 0.0833. The molecule has 1 aromatic carbocycles. The van der Waals surface area contributed by atoms with Crippen LogP contribution in [-0.4, -0.2) is 10.7 Å². The number of halogens is 1. The molecule has 18 heavy (non-hydrogen) atoms. The average Bonchev–Trinajstić information content (AvgIpc) is 2.78. The molecule has 0 aliphatic carbocycles. The summed E-state index contributed by atoms with van der Waals surface area (Å²) in [4.78, 5) is 21.3. The lowest BCUT2D eigenvalue weighted by Gasteiger charge is -1.99. The summed E-state index contributed by atoms with van der Waals surface area (Å²) < 4.78 is 5.29. The van der Waals surface area contributed by atoms with Gasteiger partial charge in [0, 0.05) is 18.6 Å². The van der Waals surface area contributed by atoms with E-state index in [9.17, 15) is 14.9 Å². The van der Waals surface area contributed by atoms with Crippen molar-refractivity contribution in [2.75, 3.05) is 0 Å². The van der Waals surface area contributed by atoms with Crippen LogP contribution in [0.3, 0.4) is 0 Å². The summed E-state index contributed by atoms with van der Waals surface area (Å²) in [7, 11) is 0. The molecule has 0 aliphatic heterocycles. The molecule has 6 heteroatoms. The van der Waals surface area contributed by atoms with Crippen molar-refractivity contribution in [1.29, 1.82) is 0 Å². The fourth-order valence-electron chi connectivity index (χ4n) is 1.49. The van der Waals surface area contributed by atoms with Gasteiger partial charge in [0.25, 0.3) is 5.69 Å². The van der Waals surface area contributed by atoms with Gasteiger partial charge < -0.3 is 4.42 Å². The lowest BCUT2D eigenvalue weighted by Crippen LogP contribution is -1.89. The third kappa shape index (κ3) is 2.26. The van der Waals surface area contributed by atoms with E-state index in [1.165, 1.54) is 25.1 Å². The smallest absolute Gasteiger partial charge is 0.288 e. The van der Waals surface area contributed by atoms with E-state index in [1.807, 2.05) is 0 Å². The maximum absolute atomic E-state index is 11.1. The van der Waals surface area contributed by atoms with Crippen LogP contribution in [0.15, 0.2) is 34.7 Å². The molecule has 0 aliphatic rings. The first kappa shape index (κ1) is 12.3. The van der Waals surface area contributed by atoms with Crippen LogP contribution >= 0.6 is 11.6 Å². The van der Waals surface area contributed by atoms with Gasteiger partial charge in [-0.15, -0.1) is 0 Å². The second-order valence-electron chi connectivity index (χ2n) is 3.64. The van der Waals surface area contributed by atoms with Crippen molar-refractivity contribution in [2.45, 2.75) is 6.92 Å². The van der Waals surface area contributed by atoms with Gasteiger partial charge in [0.15, 0.2) is 11.5 Å². The summed E-state index contributed by atoms with van der Waals surface area (Å²) in [5, 5.41) is 10.8. The van der Waals surface area contributed by atoms with E-state index in [2.05, 4.69) is 0 Å².